The number of urea groups is 1. The second kappa shape index (κ2) is 6.07. The fraction of sp³-hybridized carbons (Fsp3) is 0.167. The van der Waals surface area contributed by atoms with Crippen molar-refractivity contribution in [2.75, 3.05) is 0 Å². The maximum atomic E-state index is 10.2. The first-order chi connectivity index (χ1) is 6.95. The van der Waals surface area contributed by atoms with Gasteiger partial charge in [-0.25, -0.2) is 24.2 Å². The van der Waals surface area contributed by atoms with Gasteiger partial charge in [0.05, 0.1) is 0 Å². The Morgan fingerprint density at radius 3 is 1.60 bits per heavy atom. The molecule has 0 bridgehead atoms. The first-order valence-corrected chi connectivity index (χ1v) is 3.66. The van der Waals surface area contributed by atoms with Crippen LogP contribution in [0.15, 0.2) is 19.4 Å². The molecule has 0 unspecified atom stereocenters. The van der Waals surface area contributed by atoms with Gasteiger partial charge in [0, 0.05) is 6.21 Å². The molecule has 1 aromatic rings. The fourth-order valence-electron chi connectivity index (χ4n) is 0.530. The van der Waals surface area contributed by atoms with Gasteiger partial charge < -0.3 is 5.73 Å². The summed E-state index contributed by atoms with van der Waals surface area (Å²) in [6, 6.07) is -0.641. The van der Waals surface area contributed by atoms with Gasteiger partial charge in [0.25, 0.3) is 0 Å². The van der Waals surface area contributed by atoms with Crippen LogP contribution in [0.5, 0.6) is 0 Å². The second-order valence-electron chi connectivity index (χ2n) is 2.09. The van der Waals surface area contributed by atoms with E-state index < -0.39 is 23.1 Å². The van der Waals surface area contributed by atoms with Gasteiger partial charge in [0.15, 0.2) is 0 Å². The maximum Gasteiger partial charge on any atom is 0.337 e. The molecule has 0 saturated carbocycles. The molecule has 15 heavy (non-hydrogen) atoms. The molecular formula is C6H9N5O4. The minimum atomic E-state index is -0.802. The number of aromatic nitrogens is 3. The van der Waals surface area contributed by atoms with E-state index in [1.807, 2.05) is 0 Å². The third-order valence-electron chi connectivity index (χ3n) is 0.938. The van der Waals surface area contributed by atoms with Crippen LogP contribution in [0.4, 0.5) is 4.79 Å². The molecule has 82 valence electrons. The predicted molar refractivity (Wildman–Crippen MR) is 52.1 cm³/mol. The quantitative estimate of drug-likeness (QED) is 0.366. The summed E-state index contributed by atoms with van der Waals surface area (Å²) in [5, 5.41) is 0. The molecule has 0 aliphatic carbocycles. The molecular weight excluding hydrogens is 206 g/mol. The number of nitrogens with one attached hydrogen (secondary N) is 3. The van der Waals surface area contributed by atoms with Gasteiger partial charge in [0.1, 0.15) is 0 Å². The highest BCUT2D eigenvalue weighted by Crippen LogP contribution is 1.59. The van der Waals surface area contributed by atoms with E-state index in [0.29, 0.717) is 0 Å². The minimum absolute atomic E-state index is 0.641. The second-order valence-corrected chi connectivity index (χ2v) is 2.09. The number of hydrogen-bond donors (Lipinski definition) is 4. The lowest BCUT2D eigenvalue weighted by Crippen LogP contribution is -2.34. The van der Waals surface area contributed by atoms with E-state index in [-0.39, 0.29) is 0 Å². The first-order valence-electron chi connectivity index (χ1n) is 3.66. The number of aliphatic imine (C=N–C) groups is 1. The molecule has 9 heteroatoms. The Hall–Kier alpha value is -2.45. The molecule has 0 spiro atoms. The van der Waals surface area contributed by atoms with E-state index in [1.54, 1.807) is 21.9 Å². The summed E-state index contributed by atoms with van der Waals surface area (Å²) in [6.45, 7) is 1.63. The highest BCUT2D eigenvalue weighted by atomic mass is 16.2. The normalized spacial score (nSPS) is 9.40. The van der Waals surface area contributed by atoms with Crippen LogP contribution in [0.25, 0.3) is 0 Å². The molecule has 0 radical (unpaired) electrons. The summed E-state index contributed by atoms with van der Waals surface area (Å²) in [4.78, 5) is 48.7. The van der Waals surface area contributed by atoms with Crippen molar-refractivity contribution in [1.82, 2.24) is 15.0 Å². The van der Waals surface area contributed by atoms with Crippen molar-refractivity contribution in [3.05, 3.63) is 31.5 Å². The number of nitrogens with zero attached hydrogens (tertiary/aromatic N) is 1. The van der Waals surface area contributed by atoms with Crippen LogP contribution in [-0.4, -0.2) is 27.2 Å². The molecule has 5 N–H and O–H groups in total. The van der Waals surface area contributed by atoms with Gasteiger partial charge in [-0.3, -0.25) is 15.0 Å². The van der Waals surface area contributed by atoms with Crippen molar-refractivity contribution in [3.63, 3.8) is 0 Å². The highest BCUT2D eigenvalue weighted by Gasteiger charge is 1.85. The van der Waals surface area contributed by atoms with Crippen LogP contribution in [0.1, 0.15) is 6.92 Å². The lowest BCUT2D eigenvalue weighted by molar-refractivity contribution is 0.257. The summed E-state index contributed by atoms with van der Waals surface area (Å²) >= 11 is 0. The third kappa shape index (κ3) is 6.69. The van der Waals surface area contributed by atoms with E-state index in [2.05, 4.69) is 10.7 Å². The summed E-state index contributed by atoms with van der Waals surface area (Å²) in [6.07, 6.45) is 1.35. The number of carbonyl (C=O) groups excluding carboxylic acids is 1. The number of H-pyrrole nitrogens is 3. The van der Waals surface area contributed by atoms with Gasteiger partial charge >= 0.3 is 23.1 Å². The molecule has 0 aliphatic rings. The number of carbonyl (C=O) groups is 1. The molecule has 9 nitrogen and oxygen atoms in total. The first kappa shape index (κ1) is 12.6. The van der Waals surface area contributed by atoms with Gasteiger partial charge in [-0.2, -0.15) is 0 Å². The smallest absolute Gasteiger partial charge is 0.337 e. The van der Waals surface area contributed by atoms with Crippen molar-refractivity contribution >= 4 is 12.2 Å². The zero-order valence-electron chi connectivity index (χ0n) is 7.73. The standard InChI is InChI=1S/C3H3N3O3.C3H6N2O/c7-1-4-2(8)6-3(9)5-1;1-2-5-3(4)6/h(H3,4,5,6,7,8,9);2H,1H3,(H2,4,6). The van der Waals surface area contributed by atoms with Crippen LogP contribution in [-0.2, 0) is 0 Å². The summed E-state index contributed by atoms with van der Waals surface area (Å²) in [7, 11) is 0. The van der Waals surface area contributed by atoms with Crippen LogP contribution < -0.4 is 22.8 Å². The Morgan fingerprint density at radius 1 is 1.13 bits per heavy atom. The van der Waals surface area contributed by atoms with Crippen molar-refractivity contribution < 1.29 is 4.79 Å². The van der Waals surface area contributed by atoms with Crippen molar-refractivity contribution in [3.8, 4) is 0 Å². The van der Waals surface area contributed by atoms with Crippen LogP contribution in [0, 0.1) is 0 Å². The molecule has 0 atom stereocenters. The number of aromatic amines is 3. The largest absolute Gasteiger partial charge is 0.350 e. The molecule has 0 aromatic carbocycles. The lowest BCUT2D eigenvalue weighted by atomic mass is 10.9. The number of rotatable bonds is 0. The van der Waals surface area contributed by atoms with Crippen molar-refractivity contribution in [1.29, 1.82) is 0 Å². The van der Waals surface area contributed by atoms with E-state index in [0.717, 1.165) is 0 Å². The average molecular weight is 215 g/mol. The van der Waals surface area contributed by atoms with Gasteiger partial charge in [-0.15, -0.1) is 0 Å². The summed E-state index contributed by atoms with van der Waals surface area (Å²) in [5.41, 5.74) is 2.16. The Kier molecular flexibility index (Phi) is 5.08. The highest BCUT2D eigenvalue weighted by molar-refractivity contribution is 5.81. The van der Waals surface area contributed by atoms with E-state index in [9.17, 15) is 19.2 Å². The number of hydrogen-bond acceptors (Lipinski definition) is 4. The van der Waals surface area contributed by atoms with Crippen LogP contribution in [0.2, 0.25) is 0 Å². The number of amides is 2. The molecule has 1 rings (SSSR count). The molecule has 1 aromatic heterocycles. The Bertz CT molecular complexity index is 428. The Labute approximate surface area is 82.1 Å². The maximum absolute atomic E-state index is 10.2. The van der Waals surface area contributed by atoms with Gasteiger partial charge in [-0.05, 0) is 6.92 Å². The molecule has 1 heterocycles. The van der Waals surface area contributed by atoms with Crippen molar-refractivity contribution in [2.45, 2.75) is 6.92 Å². The van der Waals surface area contributed by atoms with Gasteiger partial charge in [-0.1, -0.05) is 0 Å². The van der Waals surface area contributed by atoms with Crippen molar-refractivity contribution in [2.24, 2.45) is 10.7 Å². The van der Waals surface area contributed by atoms with Crippen LogP contribution >= 0.6 is 0 Å². The van der Waals surface area contributed by atoms with Crippen LogP contribution in [0.3, 0.4) is 0 Å². The predicted octanol–water partition coefficient (Wildman–Crippen LogP) is -2.09. The summed E-state index contributed by atoms with van der Waals surface area (Å²) < 4.78 is 0. The number of nitrogens with two attached hydrogens (primary N) is 1. The third-order valence-corrected chi connectivity index (χ3v) is 0.938. The Balaban J connectivity index is 0.000000288. The molecule has 0 saturated heterocycles. The van der Waals surface area contributed by atoms with E-state index in [4.69, 9.17) is 0 Å². The SMILES string of the molecule is CC=NC(N)=O.O=c1[nH]c(=O)[nH]c(=O)[nH]1. The van der Waals surface area contributed by atoms with E-state index in [1.165, 1.54) is 6.21 Å². The zero-order chi connectivity index (χ0) is 11.8. The number of primary amides is 1. The molecule has 2 amide bonds. The van der Waals surface area contributed by atoms with E-state index >= 15 is 0 Å². The summed E-state index contributed by atoms with van der Waals surface area (Å²) in [5.74, 6) is 0. The minimum Gasteiger partial charge on any atom is -0.350 e. The molecule has 0 fully saturated rings. The fourth-order valence-corrected chi connectivity index (χ4v) is 0.530. The topological polar surface area (TPSA) is 154 Å². The monoisotopic (exact) mass is 215 g/mol. The Morgan fingerprint density at radius 2 is 1.47 bits per heavy atom. The zero-order valence-corrected chi connectivity index (χ0v) is 7.73. The lowest BCUT2D eigenvalue weighted by Gasteiger charge is -1.77. The van der Waals surface area contributed by atoms with Gasteiger partial charge in [0.2, 0.25) is 0 Å². The average Bonchev–Trinajstić information content (AvgIpc) is 2.00. The molecule has 0 aliphatic heterocycles.